The molecule has 28 heavy (non-hydrogen) atoms. The first-order valence-corrected chi connectivity index (χ1v) is 9.41. The van der Waals surface area contributed by atoms with Crippen molar-refractivity contribution in [1.82, 2.24) is 9.97 Å². The van der Waals surface area contributed by atoms with Gasteiger partial charge < -0.3 is 5.32 Å². The molecule has 4 aromatic rings. The third-order valence-electron chi connectivity index (χ3n) is 4.13. The molecule has 0 fully saturated rings. The molecule has 2 amide bonds. The molecule has 6 nitrogen and oxygen atoms in total. The van der Waals surface area contributed by atoms with E-state index in [9.17, 15) is 9.59 Å². The molecule has 138 valence electrons. The number of para-hydroxylation sites is 1. The highest BCUT2D eigenvalue weighted by Gasteiger charge is 2.16. The van der Waals surface area contributed by atoms with E-state index in [0.29, 0.717) is 21.9 Å². The van der Waals surface area contributed by atoms with E-state index >= 15 is 0 Å². The van der Waals surface area contributed by atoms with E-state index in [1.54, 1.807) is 48.8 Å². The Hall–Kier alpha value is -3.58. The summed E-state index contributed by atoms with van der Waals surface area (Å²) in [5.41, 5.74) is 3.23. The van der Waals surface area contributed by atoms with Crippen LogP contribution in [0, 0.1) is 6.92 Å². The van der Waals surface area contributed by atoms with Crippen molar-refractivity contribution in [3.8, 4) is 0 Å². The minimum atomic E-state index is -0.332. The van der Waals surface area contributed by atoms with Crippen LogP contribution in [0.15, 0.2) is 67.0 Å². The first-order chi connectivity index (χ1) is 13.6. The van der Waals surface area contributed by atoms with Gasteiger partial charge in [0.1, 0.15) is 0 Å². The number of nitrogens with one attached hydrogen (secondary N) is 2. The average molecular weight is 388 g/mol. The van der Waals surface area contributed by atoms with Crippen LogP contribution in [0.2, 0.25) is 0 Å². The highest BCUT2D eigenvalue weighted by Crippen LogP contribution is 2.27. The molecule has 0 aliphatic carbocycles. The fraction of sp³-hybridized carbons (Fsp3) is 0.0476. The molecule has 0 aliphatic rings. The number of pyridine rings is 1. The van der Waals surface area contributed by atoms with E-state index in [2.05, 4.69) is 20.6 Å². The second-order valence-corrected chi connectivity index (χ2v) is 7.21. The first-order valence-electron chi connectivity index (χ1n) is 8.59. The Morgan fingerprint density at radius 2 is 1.71 bits per heavy atom. The summed E-state index contributed by atoms with van der Waals surface area (Å²) in [7, 11) is 0. The van der Waals surface area contributed by atoms with Gasteiger partial charge in [0.25, 0.3) is 11.8 Å². The Morgan fingerprint density at radius 1 is 0.929 bits per heavy atom. The van der Waals surface area contributed by atoms with Crippen molar-refractivity contribution < 1.29 is 9.59 Å². The summed E-state index contributed by atoms with van der Waals surface area (Å²) >= 11 is 1.41. The SMILES string of the molecule is Cc1ccc2nc(NC(=O)c3ccccc3NC(=O)c3ccncc3)sc2c1. The predicted molar refractivity (Wildman–Crippen MR) is 111 cm³/mol. The maximum absolute atomic E-state index is 12.8. The third kappa shape index (κ3) is 3.74. The molecule has 2 aromatic heterocycles. The van der Waals surface area contributed by atoms with Crippen LogP contribution >= 0.6 is 11.3 Å². The molecular formula is C21H16N4O2S. The van der Waals surface area contributed by atoms with Crippen LogP contribution in [0.1, 0.15) is 26.3 Å². The Labute approximate surface area is 165 Å². The zero-order chi connectivity index (χ0) is 19.5. The number of benzene rings is 2. The smallest absolute Gasteiger partial charge is 0.259 e. The van der Waals surface area contributed by atoms with Crippen molar-refractivity contribution in [2.45, 2.75) is 6.92 Å². The van der Waals surface area contributed by atoms with Gasteiger partial charge in [-0.2, -0.15) is 0 Å². The van der Waals surface area contributed by atoms with Crippen LogP contribution < -0.4 is 10.6 Å². The Kier molecular flexibility index (Phi) is 4.82. The van der Waals surface area contributed by atoms with E-state index in [-0.39, 0.29) is 11.8 Å². The second-order valence-electron chi connectivity index (χ2n) is 6.18. The molecule has 0 unspecified atom stereocenters. The highest BCUT2D eigenvalue weighted by molar-refractivity contribution is 7.22. The van der Waals surface area contributed by atoms with Gasteiger partial charge in [-0.1, -0.05) is 29.5 Å². The number of carbonyl (C=O) groups is 2. The summed E-state index contributed by atoms with van der Waals surface area (Å²) in [5.74, 6) is -0.639. The molecule has 2 N–H and O–H groups in total. The molecule has 4 rings (SSSR count). The predicted octanol–water partition coefficient (Wildman–Crippen LogP) is 4.50. The summed E-state index contributed by atoms with van der Waals surface area (Å²) in [6.07, 6.45) is 3.09. The first kappa shape index (κ1) is 17.8. The Balaban J connectivity index is 1.56. The molecule has 2 heterocycles. The van der Waals surface area contributed by atoms with Crippen molar-refractivity contribution in [1.29, 1.82) is 0 Å². The van der Waals surface area contributed by atoms with Crippen molar-refractivity contribution in [3.05, 3.63) is 83.7 Å². The average Bonchev–Trinajstić information content (AvgIpc) is 3.10. The molecule has 0 radical (unpaired) electrons. The van der Waals surface area contributed by atoms with Gasteiger partial charge in [-0.3, -0.25) is 19.9 Å². The van der Waals surface area contributed by atoms with Gasteiger partial charge in [0.15, 0.2) is 5.13 Å². The van der Waals surface area contributed by atoms with Crippen LogP contribution in [-0.4, -0.2) is 21.8 Å². The van der Waals surface area contributed by atoms with Crippen molar-refractivity contribution in [2.24, 2.45) is 0 Å². The topological polar surface area (TPSA) is 84.0 Å². The maximum Gasteiger partial charge on any atom is 0.259 e. The van der Waals surface area contributed by atoms with Crippen LogP contribution in [0.5, 0.6) is 0 Å². The minimum absolute atomic E-state index is 0.307. The molecular weight excluding hydrogens is 372 g/mol. The van der Waals surface area contributed by atoms with Crippen molar-refractivity contribution in [3.63, 3.8) is 0 Å². The van der Waals surface area contributed by atoms with Gasteiger partial charge >= 0.3 is 0 Å². The molecule has 0 bridgehead atoms. The highest BCUT2D eigenvalue weighted by atomic mass is 32.1. The van der Waals surface area contributed by atoms with Crippen molar-refractivity contribution >= 4 is 44.2 Å². The number of nitrogens with zero attached hydrogens (tertiary/aromatic N) is 2. The lowest BCUT2D eigenvalue weighted by molar-refractivity contribution is 0.102. The quantitative estimate of drug-likeness (QED) is 0.539. The van der Waals surface area contributed by atoms with E-state index in [1.165, 1.54) is 11.3 Å². The standard InChI is InChI=1S/C21H16N4O2S/c1-13-6-7-17-18(12-13)28-21(24-17)25-20(27)15-4-2-3-5-16(15)23-19(26)14-8-10-22-11-9-14/h2-12H,1H3,(H,23,26)(H,24,25,27). The molecule has 0 spiro atoms. The van der Waals surface area contributed by atoms with Gasteiger partial charge in [-0.05, 0) is 48.9 Å². The van der Waals surface area contributed by atoms with Gasteiger partial charge in [0, 0.05) is 18.0 Å². The van der Waals surface area contributed by atoms with Gasteiger partial charge in [-0.25, -0.2) is 4.98 Å². The zero-order valence-electron chi connectivity index (χ0n) is 15.0. The normalized spacial score (nSPS) is 10.6. The van der Waals surface area contributed by atoms with E-state index in [0.717, 1.165) is 15.8 Å². The number of rotatable bonds is 4. The molecule has 0 saturated carbocycles. The molecule has 0 atom stereocenters. The van der Waals surface area contributed by atoms with Crippen LogP contribution in [-0.2, 0) is 0 Å². The molecule has 0 saturated heterocycles. The summed E-state index contributed by atoms with van der Waals surface area (Å²) < 4.78 is 1.01. The lowest BCUT2D eigenvalue weighted by Gasteiger charge is -2.10. The van der Waals surface area contributed by atoms with E-state index < -0.39 is 0 Å². The fourth-order valence-electron chi connectivity index (χ4n) is 2.74. The number of aryl methyl sites for hydroxylation is 1. The number of carbonyl (C=O) groups excluding carboxylic acids is 2. The number of aromatic nitrogens is 2. The molecule has 7 heteroatoms. The fourth-order valence-corrected chi connectivity index (χ4v) is 3.70. The monoisotopic (exact) mass is 388 g/mol. The number of amides is 2. The van der Waals surface area contributed by atoms with Crippen LogP contribution in [0.4, 0.5) is 10.8 Å². The Bertz CT molecular complexity index is 1170. The number of hydrogen-bond acceptors (Lipinski definition) is 5. The molecule has 2 aromatic carbocycles. The number of fused-ring (bicyclic) bond motifs is 1. The lowest BCUT2D eigenvalue weighted by atomic mass is 10.1. The number of hydrogen-bond donors (Lipinski definition) is 2. The van der Waals surface area contributed by atoms with Crippen LogP contribution in [0.3, 0.4) is 0 Å². The van der Waals surface area contributed by atoms with Crippen molar-refractivity contribution in [2.75, 3.05) is 10.6 Å². The molecule has 0 aliphatic heterocycles. The summed E-state index contributed by atoms with van der Waals surface area (Å²) in [5, 5.41) is 6.13. The Morgan fingerprint density at radius 3 is 2.54 bits per heavy atom. The lowest BCUT2D eigenvalue weighted by Crippen LogP contribution is -2.18. The van der Waals surface area contributed by atoms with E-state index in [4.69, 9.17) is 0 Å². The maximum atomic E-state index is 12.8. The summed E-state index contributed by atoms with van der Waals surface area (Å²) in [4.78, 5) is 33.6. The third-order valence-corrected chi connectivity index (χ3v) is 5.06. The van der Waals surface area contributed by atoms with Crippen LogP contribution in [0.25, 0.3) is 10.2 Å². The number of anilines is 2. The van der Waals surface area contributed by atoms with Gasteiger partial charge in [0.2, 0.25) is 0 Å². The summed E-state index contributed by atoms with van der Waals surface area (Å²) in [6.45, 7) is 2.01. The minimum Gasteiger partial charge on any atom is -0.321 e. The zero-order valence-corrected chi connectivity index (χ0v) is 15.8. The number of thiazole rings is 1. The summed E-state index contributed by atoms with van der Waals surface area (Å²) in [6, 6.07) is 16.0. The van der Waals surface area contributed by atoms with Gasteiger partial charge in [0.05, 0.1) is 21.5 Å². The van der Waals surface area contributed by atoms with Gasteiger partial charge in [-0.15, -0.1) is 0 Å². The largest absolute Gasteiger partial charge is 0.321 e. The van der Waals surface area contributed by atoms with E-state index in [1.807, 2.05) is 25.1 Å². The second kappa shape index (κ2) is 7.58.